The highest BCUT2D eigenvalue weighted by atomic mass is 19.4. The van der Waals surface area contributed by atoms with E-state index in [1.807, 2.05) is 0 Å². The SMILES string of the molecule is C[C@@H]1CC(F)(F)CN(C(=O)c2nn(C)cc2-c2ncc(F)cn2)C1COc1ccc(C(F)(F)F)cn1. The average molecular weight is 514 g/mol. The summed E-state index contributed by atoms with van der Waals surface area (Å²) in [5.41, 5.74) is -1.07. The van der Waals surface area contributed by atoms with Gasteiger partial charge in [0.05, 0.1) is 36.1 Å². The summed E-state index contributed by atoms with van der Waals surface area (Å²) >= 11 is 0. The van der Waals surface area contributed by atoms with Gasteiger partial charge in [0.2, 0.25) is 5.88 Å². The molecule has 4 rings (SSSR count). The molecule has 1 fully saturated rings. The molecule has 0 saturated carbocycles. The van der Waals surface area contributed by atoms with E-state index in [0.717, 1.165) is 29.4 Å². The fraction of sp³-hybridized carbons (Fsp3) is 0.409. The Kier molecular flexibility index (Phi) is 6.62. The van der Waals surface area contributed by atoms with Gasteiger partial charge in [-0.2, -0.15) is 18.3 Å². The van der Waals surface area contributed by atoms with Crippen molar-refractivity contribution in [3.05, 3.63) is 54.0 Å². The zero-order valence-electron chi connectivity index (χ0n) is 19.0. The maximum atomic E-state index is 14.5. The third kappa shape index (κ3) is 5.41. The molecule has 2 atom stereocenters. The van der Waals surface area contributed by atoms with Gasteiger partial charge in [-0.3, -0.25) is 9.48 Å². The first-order valence-corrected chi connectivity index (χ1v) is 10.7. The van der Waals surface area contributed by atoms with Crippen LogP contribution >= 0.6 is 0 Å². The van der Waals surface area contributed by atoms with E-state index in [-0.39, 0.29) is 29.6 Å². The van der Waals surface area contributed by atoms with E-state index in [0.29, 0.717) is 6.20 Å². The average Bonchev–Trinajstić information content (AvgIpc) is 3.19. The second-order valence-electron chi connectivity index (χ2n) is 8.52. The number of hydrogen-bond acceptors (Lipinski definition) is 6. The maximum Gasteiger partial charge on any atom is 0.417 e. The lowest BCUT2D eigenvalue weighted by molar-refractivity contribution is -0.137. The first-order valence-electron chi connectivity index (χ1n) is 10.7. The van der Waals surface area contributed by atoms with Crippen LogP contribution in [-0.4, -0.2) is 60.7 Å². The van der Waals surface area contributed by atoms with Gasteiger partial charge in [0.25, 0.3) is 11.8 Å². The van der Waals surface area contributed by atoms with Crippen molar-refractivity contribution in [1.82, 2.24) is 29.6 Å². The number of halogens is 6. The van der Waals surface area contributed by atoms with Gasteiger partial charge < -0.3 is 9.64 Å². The molecular formula is C22H20F6N6O2. The van der Waals surface area contributed by atoms with Gasteiger partial charge in [-0.05, 0) is 12.0 Å². The van der Waals surface area contributed by atoms with E-state index in [2.05, 4.69) is 20.1 Å². The molecule has 0 bridgehead atoms. The fourth-order valence-corrected chi connectivity index (χ4v) is 4.02. The molecule has 0 spiro atoms. The number of likely N-dealkylation sites (tertiary alicyclic amines) is 1. The second kappa shape index (κ2) is 9.39. The summed E-state index contributed by atoms with van der Waals surface area (Å²) in [6, 6.07) is 0.928. The van der Waals surface area contributed by atoms with Crippen LogP contribution in [0, 0.1) is 11.7 Å². The summed E-state index contributed by atoms with van der Waals surface area (Å²) < 4.78 is 87.3. The van der Waals surface area contributed by atoms with Crippen molar-refractivity contribution in [3.63, 3.8) is 0 Å². The Morgan fingerprint density at radius 1 is 1.17 bits per heavy atom. The summed E-state index contributed by atoms with van der Waals surface area (Å²) in [5.74, 6) is -5.65. The third-order valence-electron chi connectivity index (χ3n) is 5.70. The Labute approximate surface area is 200 Å². The summed E-state index contributed by atoms with van der Waals surface area (Å²) in [7, 11) is 1.51. The van der Waals surface area contributed by atoms with Crippen molar-refractivity contribution in [2.75, 3.05) is 13.2 Å². The Morgan fingerprint density at radius 2 is 1.86 bits per heavy atom. The minimum absolute atomic E-state index is 0.0218. The number of aryl methyl sites for hydroxylation is 1. The molecule has 192 valence electrons. The van der Waals surface area contributed by atoms with Gasteiger partial charge in [0, 0.05) is 31.9 Å². The molecule has 0 radical (unpaired) electrons. The Bertz CT molecular complexity index is 1230. The highest BCUT2D eigenvalue weighted by Gasteiger charge is 2.47. The number of ether oxygens (including phenoxy) is 1. The molecule has 8 nitrogen and oxygen atoms in total. The molecule has 1 unspecified atom stereocenters. The number of aromatic nitrogens is 5. The Hall–Kier alpha value is -3.71. The number of nitrogens with zero attached hydrogens (tertiary/aromatic N) is 6. The Morgan fingerprint density at radius 3 is 2.47 bits per heavy atom. The molecule has 3 aromatic rings. The second-order valence-corrected chi connectivity index (χ2v) is 8.52. The summed E-state index contributed by atoms with van der Waals surface area (Å²) in [5, 5.41) is 4.09. The van der Waals surface area contributed by atoms with E-state index in [9.17, 15) is 31.1 Å². The molecule has 14 heteroatoms. The third-order valence-corrected chi connectivity index (χ3v) is 5.70. The van der Waals surface area contributed by atoms with Gasteiger partial charge in [-0.15, -0.1) is 0 Å². The zero-order chi connectivity index (χ0) is 26.3. The summed E-state index contributed by atoms with van der Waals surface area (Å²) in [6.45, 7) is 0.297. The number of hydrogen-bond donors (Lipinski definition) is 0. The van der Waals surface area contributed by atoms with Crippen molar-refractivity contribution in [2.45, 2.75) is 31.5 Å². The molecule has 0 N–H and O–H groups in total. The van der Waals surface area contributed by atoms with Crippen LogP contribution in [0.5, 0.6) is 5.88 Å². The number of piperidine rings is 1. The number of carbonyl (C=O) groups is 1. The Balaban J connectivity index is 1.60. The normalized spacial score (nSPS) is 19.8. The highest BCUT2D eigenvalue weighted by Crippen LogP contribution is 2.36. The minimum atomic E-state index is -4.58. The molecule has 0 aliphatic carbocycles. The van der Waals surface area contributed by atoms with Crippen LogP contribution in [0.15, 0.2) is 36.9 Å². The smallest absolute Gasteiger partial charge is 0.417 e. The summed E-state index contributed by atoms with van der Waals surface area (Å²) in [4.78, 5) is 25.7. The van der Waals surface area contributed by atoms with Gasteiger partial charge in [0.1, 0.15) is 6.61 Å². The van der Waals surface area contributed by atoms with E-state index < -0.39 is 54.3 Å². The van der Waals surface area contributed by atoms with E-state index in [4.69, 9.17) is 4.74 Å². The number of alkyl halides is 5. The van der Waals surface area contributed by atoms with E-state index in [1.54, 1.807) is 0 Å². The topological polar surface area (TPSA) is 86.0 Å². The minimum Gasteiger partial charge on any atom is -0.475 e. The molecule has 1 amide bonds. The monoisotopic (exact) mass is 514 g/mol. The fourth-order valence-electron chi connectivity index (χ4n) is 4.02. The van der Waals surface area contributed by atoms with Crippen LogP contribution in [0.3, 0.4) is 0 Å². The summed E-state index contributed by atoms with van der Waals surface area (Å²) in [6.07, 6.45) is -1.31. The lowest BCUT2D eigenvalue weighted by Gasteiger charge is -2.42. The van der Waals surface area contributed by atoms with Gasteiger partial charge in [0.15, 0.2) is 17.3 Å². The number of carbonyl (C=O) groups excluding carboxylic acids is 1. The predicted molar refractivity (Wildman–Crippen MR) is 112 cm³/mol. The molecule has 1 saturated heterocycles. The highest BCUT2D eigenvalue weighted by molar-refractivity contribution is 5.98. The van der Waals surface area contributed by atoms with Crippen LogP contribution in [0.4, 0.5) is 26.3 Å². The van der Waals surface area contributed by atoms with Gasteiger partial charge >= 0.3 is 6.18 Å². The van der Waals surface area contributed by atoms with Crippen molar-refractivity contribution < 1.29 is 35.9 Å². The number of pyridine rings is 1. The standard InChI is InChI=1S/C22H20F6N6O2/c1-12-5-21(24,25)11-34(16(12)10-36-17-4-3-13(6-29-17)22(26,27)28)20(35)18-15(9-33(2)32-18)19-30-7-14(23)8-31-19/h3-4,6-9,12,16H,5,10-11H2,1-2H3/t12-,16?/m1/s1. The first-order chi connectivity index (χ1) is 16.8. The van der Waals surface area contributed by atoms with Crippen LogP contribution in [0.1, 0.15) is 29.4 Å². The molecule has 1 aliphatic rings. The molecular weight excluding hydrogens is 494 g/mol. The van der Waals surface area contributed by atoms with Crippen molar-refractivity contribution in [1.29, 1.82) is 0 Å². The lowest BCUT2D eigenvalue weighted by atomic mass is 9.88. The zero-order valence-corrected chi connectivity index (χ0v) is 19.0. The van der Waals surface area contributed by atoms with E-state index >= 15 is 0 Å². The molecule has 3 aromatic heterocycles. The van der Waals surface area contributed by atoms with Crippen LogP contribution in [0.2, 0.25) is 0 Å². The van der Waals surface area contributed by atoms with Crippen molar-refractivity contribution in [3.8, 4) is 17.3 Å². The van der Waals surface area contributed by atoms with Gasteiger partial charge in [-0.1, -0.05) is 6.92 Å². The molecule has 4 heterocycles. The molecule has 1 aliphatic heterocycles. The maximum absolute atomic E-state index is 14.5. The number of amides is 1. The molecule has 36 heavy (non-hydrogen) atoms. The van der Waals surface area contributed by atoms with Crippen molar-refractivity contribution in [2.24, 2.45) is 13.0 Å². The van der Waals surface area contributed by atoms with Crippen molar-refractivity contribution >= 4 is 5.91 Å². The van der Waals surface area contributed by atoms with Crippen LogP contribution in [-0.2, 0) is 13.2 Å². The van der Waals surface area contributed by atoms with E-state index in [1.165, 1.54) is 24.9 Å². The quantitative estimate of drug-likeness (QED) is 0.479. The first kappa shape index (κ1) is 25.4. The predicted octanol–water partition coefficient (Wildman–Crippen LogP) is 3.99. The van der Waals surface area contributed by atoms with Gasteiger partial charge in [-0.25, -0.2) is 28.1 Å². The van der Waals surface area contributed by atoms with Crippen LogP contribution < -0.4 is 4.74 Å². The largest absolute Gasteiger partial charge is 0.475 e. The molecule has 0 aromatic carbocycles. The lowest BCUT2D eigenvalue weighted by Crippen LogP contribution is -2.57. The van der Waals surface area contributed by atoms with Crippen LogP contribution in [0.25, 0.3) is 11.4 Å². The number of rotatable bonds is 5.